The van der Waals surface area contributed by atoms with E-state index in [1.807, 2.05) is 60.7 Å². The molecule has 0 aliphatic heterocycles. The second-order valence-corrected chi connectivity index (χ2v) is 5.07. The van der Waals surface area contributed by atoms with Gasteiger partial charge in [0.05, 0.1) is 0 Å². The number of carbonyl (C=O) groups is 1. The number of hydrogen-bond donors (Lipinski definition) is 2. The first-order valence-corrected chi connectivity index (χ1v) is 7.55. The molecule has 2 N–H and O–H groups in total. The Morgan fingerprint density at radius 1 is 0.875 bits per heavy atom. The Morgan fingerprint density at radius 2 is 1.58 bits per heavy atom. The van der Waals surface area contributed by atoms with E-state index in [0.29, 0.717) is 11.6 Å². The number of aromatic nitrogens is 1. The molecule has 1 amide bonds. The fourth-order valence-electron chi connectivity index (χ4n) is 2.09. The Balaban J connectivity index is 1.50. The Labute approximate surface area is 140 Å². The molecule has 0 radical (unpaired) electrons. The highest BCUT2D eigenvalue weighted by atomic mass is 16.5. The molecule has 0 saturated carbocycles. The van der Waals surface area contributed by atoms with Crippen molar-refractivity contribution in [2.45, 2.75) is 0 Å². The lowest BCUT2D eigenvalue weighted by Crippen LogP contribution is -2.20. The van der Waals surface area contributed by atoms with E-state index in [0.717, 1.165) is 11.4 Å². The third-order valence-electron chi connectivity index (χ3n) is 3.22. The highest BCUT2D eigenvalue weighted by Crippen LogP contribution is 2.19. The number of benzene rings is 2. The van der Waals surface area contributed by atoms with Crippen molar-refractivity contribution in [2.24, 2.45) is 0 Å². The summed E-state index contributed by atoms with van der Waals surface area (Å²) in [6.07, 6.45) is 1.62. The number of amides is 1. The van der Waals surface area contributed by atoms with Crippen LogP contribution in [0.15, 0.2) is 79.0 Å². The quantitative estimate of drug-likeness (QED) is 0.724. The Bertz CT molecular complexity index is 775. The molecule has 5 heteroatoms. The zero-order valence-electron chi connectivity index (χ0n) is 13.0. The summed E-state index contributed by atoms with van der Waals surface area (Å²) in [7, 11) is 0. The summed E-state index contributed by atoms with van der Waals surface area (Å²) in [5.74, 6) is 0.887. The van der Waals surface area contributed by atoms with Crippen LogP contribution < -0.4 is 15.4 Å². The van der Waals surface area contributed by atoms with Gasteiger partial charge < -0.3 is 15.4 Å². The van der Waals surface area contributed by atoms with Gasteiger partial charge in [-0.15, -0.1) is 0 Å². The lowest BCUT2D eigenvalue weighted by Gasteiger charge is -2.09. The summed E-state index contributed by atoms with van der Waals surface area (Å²) in [5, 5.41) is 5.95. The minimum atomic E-state index is -0.250. The number of rotatable bonds is 6. The van der Waals surface area contributed by atoms with Crippen LogP contribution in [0.2, 0.25) is 0 Å². The third-order valence-corrected chi connectivity index (χ3v) is 3.22. The van der Waals surface area contributed by atoms with Crippen molar-refractivity contribution in [1.29, 1.82) is 0 Å². The van der Waals surface area contributed by atoms with Gasteiger partial charge in [-0.25, -0.2) is 4.98 Å². The van der Waals surface area contributed by atoms with Gasteiger partial charge in [0.15, 0.2) is 6.61 Å². The Hall–Kier alpha value is -3.34. The van der Waals surface area contributed by atoms with Gasteiger partial charge in [-0.2, -0.15) is 0 Å². The van der Waals surface area contributed by atoms with Gasteiger partial charge in [-0.05, 0) is 48.5 Å². The van der Waals surface area contributed by atoms with Crippen molar-refractivity contribution in [3.05, 3.63) is 79.0 Å². The summed E-state index contributed by atoms with van der Waals surface area (Å²) >= 11 is 0. The van der Waals surface area contributed by atoms with Gasteiger partial charge in [0, 0.05) is 17.6 Å². The molecule has 1 aromatic heterocycles. The molecule has 0 unspecified atom stereocenters. The van der Waals surface area contributed by atoms with E-state index < -0.39 is 0 Å². The van der Waals surface area contributed by atoms with E-state index in [1.165, 1.54) is 0 Å². The maximum Gasteiger partial charge on any atom is 0.263 e. The number of nitrogens with one attached hydrogen (secondary N) is 2. The maximum atomic E-state index is 11.8. The van der Waals surface area contributed by atoms with Gasteiger partial charge in [-0.3, -0.25) is 4.79 Å². The van der Waals surface area contributed by atoms with Crippen LogP contribution in [0.4, 0.5) is 17.2 Å². The van der Waals surface area contributed by atoms with Crippen molar-refractivity contribution >= 4 is 23.1 Å². The third kappa shape index (κ3) is 4.58. The van der Waals surface area contributed by atoms with Crippen LogP contribution in [0.1, 0.15) is 0 Å². The van der Waals surface area contributed by atoms with Crippen molar-refractivity contribution in [3.8, 4) is 5.75 Å². The van der Waals surface area contributed by atoms with Crippen LogP contribution in [-0.4, -0.2) is 17.5 Å². The monoisotopic (exact) mass is 319 g/mol. The van der Waals surface area contributed by atoms with Crippen LogP contribution in [-0.2, 0) is 4.79 Å². The molecule has 3 rings (SSSR count). The number of para-hydroxylation sites is 1. The predicted molar refractivity (Wildman–Crippen MR) is 94.5 cm³/mol. The summed E-state index contributed by atoms with van der Waals surface area (Å²) in [5.41, 5.74) is 1.97. The molecular weight excluding hydrogens is 302 g/mol. The number of carbonyl (C=O) groups excluding carboxylic acids is 1. The first kappa shape index (κ1) is 15.6. The van der Waals surface area contributed by atoms with E-state index in [9.17, 15) is 4.79 Å². The van der Waals surface area contributed by atoms with E-state index in [-0.39, 0.29) is 12.5 Å². The highest BCUT2D eigenvalue weighted by Gasteiger charge is 2.04. The summed E-state index contributed by atoms with van der Waals surface area (Å²) < 4.78 is 5.48. The molecule has 3 aromatic rings. The second-order valence-electron chi connectivity index (χ2n) is 5.07. The fourth-order valence-corrected chi connectivity index (χ4v) is 2.09. The van der Waals surface area contributed by atoms with E-state index >= 15 is 0 Å². The summed E-state index contributed by atoms with van der Waals surface area (Å²) in [6, 6.07) is 22.7. The van der Waals surface area contributed by atoms with Gasteiger partial charge in [-0.1, -0.05) is 24.3 Å². The fraction of sp³-hybridized carbons (Fsp3) is 0.0526. The number of anilines is 3. The first-order valence-electron chi connectivity index (χ1n) is 7.55. The zero-order chi connectivity index (χ0) is 16.6. The molecule has 24 heavy (non-hydrogen) atoms. The van der Waals surface area contributed by atoms with Crippen molar-refractivity contribution in [1.82, 2.24) is 4.98 Å². The normalized spacial score (nSPS) is 10.0. The second kappa shape index (κ2) is 7.78. The number of nitrogens with zero attached hydrogens (tertiary/aromatic N) is 1. The SMILES string of the molecule is O=C(COc1ccc(Nc2ccccc2)cc1)Nc1ccccn1. The lowest BCUT2D eigenvalue weighted by atomic mass is 10.2. The zero-order valence-corrected chi connectivity index (χ0v) is 13.0. The topological polar surface area (TPSA) is 63.2 Å². The highest BCUT2D eigenvalue weighted by molar-refractivity contribution is 5.90. The van der Waals surface area contributed by atoms with Gasteiger partial charge in [0.25, 0.3) is 5.91 Å². The molecule has 0 aliphatic carbocycles. The first-order chi connectivity index (χ1) is 11.8. The van der Waals surface area contributed by atoms with Crippen LogP contribution in [0, 0.1) is 0 Å². The molecule has 0 atom stereocenters. The average Bonchev–Trinajstić information content (AvgIpc) is 2.63. The molecule has 0 aliphatic rings. The number of pyridine rings is 1. The Kier molecular flexibility index (Phi) is 5.04. The summed E-state index contributed by atoms with van der Waals surface area (Å²) in [6.45, 7) is -0.0674. The van der Waals surface area contributed by atoms with Crippen molar-refractivity contribution in [3.63, 3.8) is 0 Å². The molecule has 0 fully saturated rings. The van der Waals surface area contributed by atoms with Gasteiger partial charge >= 0.3 is 0 Å². The predicted octanol–water partition coefficient (Wildman–Crippen LogP) is 3.84. The Morgan fingerprint density at radius 3 is 2.29 bits per heavy atom. The van der Waals surface area contributed by atoms with Crippen LogP contribution in [0.25, 0.3) is 0 Å². The molecule has 0 bridgehead atoms. The molecule has 0 saturated heterocycles. The number of hydrogen-bond acceptors (Lipinski definition) is 4. The van der Waals surface area contributed by atoms with Crippen molar-refractivity contribution < 1.29 is 9.53 Å². The van der Waals surface area contributed by atoms with Crippen LogP contribution in [0.5, 0.6) is 5.75 Å². The minimum absolute atomic E-state index is 0.0674. The molecule has 0 spiro atoms. The van der Waals surface area contributed by atoms with Crippen LogP contribution in [0.3, 0.4) is 0 Å². The maximum absolute atomic E-state index is 11.8. The smallest absolute Gasteiger partial charge is 0.263 e. The van der Waals surface area contributed by atoms with Gasteiger partial charge in [0.2, 0.25) is 0 Å². The average molecular weight is 319 g/mol. The molecule has 1 heterocycles. The standard InChI is InChI=1S/C19H17N3O2/c23-19(22-18-8-4-5-13-20-18)14-24-17-11-9-16(10-12-17)21-15-6-2-1-3-7-15/h1-13,21H,14H2,(H,20,22,23). The lowest BCUT2D eigenvalue weighted by molar-refractivity contribution is -0.118. The minimum Gasteiger partial charge on any atom is -0.484 e. The molecule has 5 nitrogen and oxygen atoms in total. The van der Waals surface area contributed by atoms with Crippen LogP contribution >= 0.6 is 0 Å². The van der Waals surface area contributed by atoms with Gasteiger partial charge in [0.1, 0.15) is 11.6 Å². The van der Waals surface area contributed by atoms with E-state index in [4.69, 9.17) is 4.74 Å². The molecule has 120 valence electrons. The largest absolute Gasteiger partial charge is 0.484 e. The number of ether oxygens (including phenoxy) is 1. The summed E-state index contributed by atoms with van der Waals surface area (Å²) in [4.78, 5) is 15.8. The van der Waals surface area contributed by atoms with Crippen molar-refractivity contribution in [2.75, 3.05) is 17.2 Å². The van der Waals surface area contributed by atoms with E-state index in [2.05, 4.69) is 15.6 Å². The molecule has 2 aromatic carbocycles. The van der Waals surface area contributed by atoms with E-state index in [1.54, 1.807) is 18.3 Å². The molecular formula is C19H17N3O2.